The van der Waals surface area contributed by atoms with Gasteiger partial charge in [0, 0.05) is 13.1 Å². The minimum atomic E-state index is -1.01. The molecule has 18 heavy (non-hydrogen) atoms. The number of hydrogen-bond acceptors (Lipinski definition) is 2. The van der Waals surface area contributed by atoms with Crippen molar-refractivity contribution in [3.05, 3.63) is 0 Å². The monoisotopic (exact) mass is 254 g/mol. The van der Waals surface area contributed by atoms with Crippen molar-refractivity contribution in [1.29, 1.82) is 0 Å². The molecule has 1 saturated carbocycles. The molecular formula is C13H22N2O3. The lowest BCUT2D eigenvalue weighted by Crippen LogP contribution is -2.56. The van der Waals surface area contributed by atoms with Crippen LogP contribution in [0.4, 0.5) is 4.79 Å². The van der Waals surface area contributed by atoms with E-state index in [1.807, 2.05) is 0 Å². The lowest BCUT2D eigenvalue weighted by atomic mass is 9.98. The molecule has 102 valence electrons. The number of nitrogens with one attached hydrogen (secondary N) is 1. The normalized spacial score (nSPS) is 23.4. The summed E-state index contributed by atoms with van der Waals surface area (Å²) in [4.78, 5) is 25.3. The molecule has 1 aliphatic carbocycles. The Morgan fingerprint density at radius 1 is 0.944 bits per heavy atom. The van der Waals surface area contributed by atoms with Gasteiger partial charge < -0.3 is 15.3 Å². The zero-order valence-electron chi connectivity index (χ0n) is 10.8. The van der Waals surface area contributed by atoms with Gasteiger partial charge in [-0.05, 0) is 25.7 Å². The number of carbonyl (C=O) groups is 2. The van der Waals surface area contributed by atoms with Gasteiger partial charge in [-0.15, -0.1) is 0 Å². The van der Waals surface area contributed by atoms with Gasteiger partial charge in [-0.25, -0.2) is 9.59 Å². The zero-order chi connectivity index (χ0) is 13.0. The van der Waals surface area contributed by atoms with Gasteiger partial charge >= 0.3 is 12.0 Å². The molecule has 2 rings (SSSR count). The highest BCUT2D eigenvalue weighted by Crippen LogP contribution is 2.30. The molecule has 2 fully saturated rings. The maximum Gasteiger partial charge on any atom is 0.329 e. The molecule has 5 heteroatoms. The molecule has 1 heterocycles. The van der Waals surface area contributed by atoms with Gasteiger partial charge in [0.15, 0.2) is 0 Å². The van der Waals surface area contributed by atoms with Crippen molar-refractivity contribution in [2.75, 3.05) is 13.1 Å². The number of urea groups is 1. The van der Waals surface area contributed by atoms with E-state index in [0.717, 1.165) is 51.6 Å². The van der Waals surface area contributed by atoms with Crippen molar-refractivity contribution in [2.45, 2.75) is 56.9 Å². The van der Waals surface area contributed by atoms with Crippen LogP contribution in [-0.2, 0) is 4.79 Å². The molecule has 5 nitrogen and oxygen atoms in total. The van der Waals surface area contributed by atoms with Crippen molar-refractivity contribution in [3.8, 4) is 0 Å². The number of aliphatic carboxylic acids is 1. The fourth-order valence-electron chi connectivity index (χ4n) is 2.93. The van der Waals surface area contributed by atoms with Crippen LogP contribution in [0.2, 0.25) is 0 Å². The van der Waals surface area contributed by atoms with Gasteiger partial charge in [-0.2, -0.15) is 0 Å². The van der Waals surface area contributed by atoms with E-state index in [0.29, 0.717) is 12.8 Å². The Morgan fingerprint density at radius 3 is 2.00 bits per heavy atom. The lowest BCUT2D eigenvalue weighted by Gasteiger charge is -2.29. The van der Waals surface area contributed by atoms with Crippen LogP contribution in [0.3, 0.4) is 0 Å². The first-order chi connectivity index (χ1) is 8.64. The molecule has 0 aromatic heterocycles. The summed E-state index contributed by atoms with van der Waals surface area (Å²) < 4.78 is 0. The molecule has 1 aliphatic heterocycles. The first kappa shape index (κ1) is 13.2. The highest BCUT2D eigenvalue weighted by molar-refractivity contribution is 5.86. The lowest BCUT2D eigenvalue weighted by molar-refractivity contribution is -0.144. The number of carboxylic acids is 1. The van der Waals surface area contributed by atoms with Gasteiger partial charge in [-0.3, -0.25) is 0 Å². The van der Waals surface area contributed by atoms with Gasteiger partial charge in [-0.1, -0.05) is 25.7 Å². The molecule has 2 amide bonds. The van der Waals surface area contributed by atoms with E-state index in [-0.39, 0.29) is 6.03 Å². The van der Waals surface area contributed by atoms with E-state index in [4.69, 9.17) is 0 Å². The maximum absolute atomic E-state index is 12.2. The van der Waals surface area contributed by atoms with Crippen LogP contribution in [0, 0.1) is 0 Å². The second-order valence-electron chi connectivity index (χ2n) is 5.43. The Morgan fingerprint density at radius 2 is 1.50 bits per heavy atom. The molecule has 0 radical (unpaired) electrons. The summed E-state index contributed by atoms with van der Waals surface area (Å²) >= 11 is 0. The van der Waals surface area contributed by atoms with Crippen LogP contribution in [0.25, 0.3) is 0 Å². The number of carbonyl (C=O) groups excluding carboxylic acids is 1. The molecular weight excluding hydrogens is 232 g/mol. The number of rotatable bonds is 2. The average molecular weight is 254 g/mol. The molecule has 0 unspecified atom stereocenters. The summed E-state index contributed by atoms with van der Waals surface area (Å²) in [7, 11) is 0. The standard InChI is InChI=1S/C13H22N2O3/c16-11(17)13(7-3-4-8-13)14-12(18)15-9-5-1-2-6-10-15/h1-10H2,(H,14,18)(H,16,17). The Hall–Kier alpha value is -1.26. The van der Waals surface area contributed by atoms with Crippen molar-refractivity contribution in [3.63, 3.8) is 0 Å². The van der Waals surface area contributed by atoms with Crippen molar-refractivity contribution < 1.29 is 14.7 Å². The average Bonchev–Trinajstić information content (AvgIpc) is 2.65. The third-order valence-corrected chi connectivity index (χ3v) is 4.11. The Balaban J connectivity index is 1.98. The smallest absolute Gasteiger partial charge is 0.329 e. The zero-order valence-corrected chi connectivity index (χ0v) is 10.8. The van der Waals surface area contributed by atoms with Crippen LogP contribution < -0.4 is 5.32 Å². The quantitative estimate of drug-likeness (QED) is 0.791. The van der Waals surface area contributed by atoms with E-state index in [1.54, 1.807) is 4.90 Å². The largest absolute Gasteiger partial charge is 0.480 e. The second kappa shape index (κ2) is 5.59. The van der Waals surface area contributed by atoms with Gasteiger partial charge in [0.25, 0.3) is 0 Å². The predicted molar refractivity (Wildman–Crippen MR) is 67.4 cm³/mol. The summed E-state index contributed by atoms with van der Waals surface area (Å²) in [5.41, 5.74) is -1.01. The predicted octanol–water partition coefficient (Wildman–Crippen LogP) is 1.97. The van der Waals surface area contributed by atoms with Gasteiger partial charge in [0.1, 0.15) is 5.54 Å². The Labute approximate surface area is 108 Å². The van der Waals surface area contributed by atoms with E-state index in [1.165, 1.54) is 0 Å². The van der Waals surface area contributed by atoms with Crippen molar-refractivity contribution in [2.24, 2.45) is 0 Å². The van der Waals surface area contributed by atoms with E-state index in [2.05, 4.69) is 5.32 Å². The molecule has 2 aliphatic rings. The first-order valence-electron chi connectivity index (χ1n) is 6.95. The highest BCUT2D eigenvalue weighted by atomic mass is 16.4. The SMILES string of the molecule is O=C(NC1(C(=O)O)CCCC1)N1CCCCCC1. The van der Waals surface area contributed by atoms with Crippen LogP contribution in [0.5, 0.6) is 0 Å². The van der Waals surface area contributed by atoms with Crippen molar-refractivity contribution in [1.82, 2.24) is 10.2 Å². The molecule has 2 N–H and O–H groups in total. The molecule has 1 saturated heterocycles. The minimum absolute atomic E-state index is 0.193. The molecule has 0 bridgehead atoms. The third-order valence-electron chi connectivity index (χ3n) is 4.11. The highest BCUT2D eigenvalue weighted by Gasteiger charge is 2.43. The number of nitrogens with zero attached hydrogens (tertiary/aromatic N) is 1. The summed E-state index contributed by atoms with van der Waals surface area (Å²) in [6, 6.07) is -0.193. The molecule has 0 aromatic rings. The van der Waals surface area contributed by atoms with E-state index in [9.17, 15) is 14.7 Å². The fraction of sp³-hybridized carbons (Fsp3) is 0.846. The number of likely N-dealkylation sites (tertiary alicyclic amines) is 1. The molecule has 0 aromatic carbocycles. The topological polar surface area (TPSA) is 69.6 Å². The summed E-state index contributed by atoms with van der Waals surface area (Å²) in [6.07, 6.45) is 7.24. The fourth-order valence-corrected chi connectivity index (χ4v) is 2.93. The maximum atomic E-state index is 12.2. The van der Waals surface area contributed by atoms with Crippen molar-refractivity contribution >= 4 is 12.0 Å². The van der Waals surface area contributed by atoms with Crippen LogP contribution in [0.1, 0.15) is 51.4 Å². The first-order valence-corrected chi connectivity index (χ1v) is 6.95. The Bertz CT molecular complexity index is 316. The number of carboxylic acid groups (broad SMARTS) is 1. The summed E-state index contributed by atoms with van der Waals surface area (Å²) in [5, 5.41) is 12.1. The van der Waals surface area contributed by atoms with Crippen LogP contribution >= 0.6 is 0 Å². The second-order valence-corrected chi connectivity index (χ2v) is 5.43. The summed E-state index contributed by atoms with van der Waals surface area (Å²) in [5.74, 6) is -0.886. The number of amides is 2. The third kappa shape index (κ3) is 2.76. The minimum Gasteiger partial charge on any atom is -0.480 e. The Kier molecular flexibility index (Phi) is 4.09. The number of hydrogen-bond donors (Lipinski definition) is 2. The van der Waals surface area contributed by atoms with E-state index < -0.39 is 11.5 Å². The van der Waals surface area contributed by atoms with Gasteiger partial charge in [0.05, 0.1) is 0 Å². The van der Waals surface area contributed by atoms with Gasteiger partial charge in [0.2, 0.25) is 0 Å². The molecule has 0 spiro atoms. The van der Waals surface area contributed by atoms with E-state index >= 15 is 0 Å². The van der Waals surface area contributed by atoms with Crippen LogP contribution in [-0.4, -0.2) is 40.6 Å². The molecule has 0 atom stereocenters. The van der Waals surface area contributed by atoms with Crippen LogP contribution in [0.15, 0.2) is 0 Å². The summed E-state index contributed by atoms with van der Waals surface area (Å²) in [6.45, 7) is 1.50.